The number of halogens is 1. The molecular weight excluding hydrogens is 350 g/mol. The monoisotopic (exact) mass is 369 g/mol. The van der Waals surface area contributed by atoms with Crippen molar-refractivity contribution >= 4 is 39.0 Å². The van der Waals surface area contributed by atoms with Crippen molar-refractivity contribution in [3.8, 4) is 0 Å². The maximum atomic E-state index is 12.8. The van der Waals surface area contributed by atoms with Crippen molar-refractivity contribution in [2.45, 2.75) is 51.0 Å². The van der Waals surface area contributed by atoms with Crippen LogP contribution in [0.2, 0.25) is 0 Å². The normalized spacial score (nSPS) is 26.9. The Labute approximate surface area is 137 Å². The summed E-state index contributed by atoms with van der Waals surface area (Å²) in [4.78, 5) is 27.8. The number of rotatable bonds is 2. The molecule has 114 valence electrons. The van der Waals surface area contributed by atoms with Crippen LogP contribution in [0.4, 0.5) is 0 Å². The first-order valence-corrected chi connectivity index (χ1v) is 9.37. The third-order valence-electron chi connectivity index (χ3n) is 4.66. The van der Waals surface area contributed by atoms with E-state index in [0.29, 0.717) is 12.2 Å². The predicted octanol–water partition coefficient (Wildman–Crippen LogP) is 4.26. The zero-order valence-corrected chi connectivity index (χ0v) is 14.4. The quantitative estimate of drug-likeness (QED) is 0.780. The smallest absolute Gasteiger partial charge is 0.264 e. The molecule has 1 aliphatic carbocycles. The number of amides is 1. The van der Waals surface area contributed by atoms with E-state index >= 15 is 0 Å². The summed E-state index contributed by atoms with van der Waals surface area (Å²) in [6.45, 7) is 0.794. The summed E-state index contributed by atoms with van der Waals surface area (Å²) in [5, 5.41) is 0. The highest BCUT2D eigenvalue weighted by atomic mass is 79.9. The number of carbonyl (C=O) groups excluding carboxylic acids is 2. The van der Waals surface area contributed by atoms with Gasteiger partial charge < -0.3 is 4.90 Å². The molecule has 5 heteroatoms. The molecule has 2 heterocycles. The second-order valence-corrected chi connectivity index (χ2v) is 8.45. The molecule has 0 aromatic carbocycles. The standard InChI is InChI=1S/C16H20BrNO2S/c17-15-9-8-14(21-15)16(20)18-10-4-3-6-12(18)11-5-1-2-7-13(11)19/h8-9,11-12H,1-7,10H2. The van der Waals surface area contributed by atoms with Crippen LogP contribution in [0.25, 0.3) is 0 Å². The maximum Gasteiger partial charge on any atom is 0.264 e. The van der Waals surface area contributed by atoms with Gasteiger partial charge in [-0.15, -0.1) is 11.3 Å². The lowest BCUT2D eigenvalue weighted by molar-refractivity contribution is -0.127. The first-order valence-electron chi connectivity index (χ1n) is 7.76. The minimum absolute atomic E-state index is 0.0754. The molecule has 1 amide bonds. The molecule has 3 rings (SSSR count). The van der Waals surface area contributed by atoms with Gasteiger partial charge in [0.2, 0.25) is 0 Å². The summed E-state index contributed by atoms with van der Waals surface area (Å²) in [6.07, 6.45) is 6.97. The SMILES string of the molecule is O=C1CCCCC1C1CCCCN1C(=O)c1ccc(Br)s1. The van der Waals surface area contributed by atoms with Crippen molar-refractivity contribution in [3.63, 3.8) is 0 Å². The predicted molar refractivity (Wildman–Crippen MR) is 87.7 cm³/mol. The van der Waals surface area contributed by atoms with Gasteiger partial charge in [-0.2, -0.15) is 0 Å². The fraction of sp³-hybridized carbons (Fsp3) is 0.625. The number of Topliss-reactive ketones (excluding diaryl/α,β-unsaturated/α-hetero) is 1. The van der Waals surface area contributed by atoms with E-state index in [-0.39, 0.29) is 17.9 Å². The van der Waals surface area contributed by atoms with Crippen LogP contribution in [-0.4, -0.2) is 29.2 Å². The average molecular weight is 370 g/mol. The minimum Gasteiger partial charge on any atom is -0.334 e. The number of thiophene rings is 1. The van der Waals surface area contributed by atoms with Gasteiger partial charge in [-0.25, -0.2) is 0 Å². The molecule has 0 N–H and O–H groups in total. The maximum absolute atomic E-state index is 12.8. The zero-order valence-electron chi connectivity index (χ0n) is 12.0. The summed E-state index contributed by atoms with van der Waals surface area (Å²) in [6, 6.07) is 3.92. The fourth-order valence-electron chi connectivity index (χ4n) is 3.62. The highest BCUT2D eigenvalue weighted by Gasteiger charge is 2.37. The molecule has 0 radical (unpaired) electrons. The number of likely N-dealkylation sites (tertiary alicyclic amines) is 1. The molecule has 0 spiro atoms. The molecule has 2 unspecified atom stereocenters. The third kappa shape index (κ3) is 3.24. The minimum atomic E-state index is 0.0754. The van der Waals surface area contributed by atoms with E-state index in [1.807, 2.05) is 17.0 Å². The number of piperidine rings is 1. The lowest BCUT2D eigenvalue weighted by Crippen LogP contribution is -2.50. The van der Waals surface area contributed by atoms with Crippen molar-refractivity contribution in [1.29, 1.82) is 0 Å². The summed E-state index contributed by atoms with van der Waals surface area (Å²) in [7, 11) is 0. The van der Waals surface area contributed by atoms with Gasteiger partial charge in [0.05, 0.1) is 8.66 Å². The van der Waals surface area contributed by atoms with Crippen LogP contribution < -0.4 is 0 Å². The van der Waals surface area contributed by atoms with Crippen molar-refractivity contribution in [3.05, 3.63) is 20.8 Å². The van der Waals surface area contributed by atoms with Gasteiger partial charge in [-0.05, 0) is 60.2 Å². The van der Waals surface area contributed by atoms with Crippen LogP contribution in [0.15, 0.2) is 15.9 Å². The number of hydrogen-bond acceptors (Lipinski definition) is 3. The van der Waals surface area contributed by atoms with Crippen LogP contribution in [0.5, 0.6) is 0 Å². The van der Waals surface area contributed by atoms with Crippen molar-refractivity contribution < 1.29 is 9.59 Å². The Kier molecular flexibility index (Phi) is 4.79. The molecule has 0 bridgehead atoms. The number of nitrogens with zero attached hydrogens (tertiary/aromatic N) is 1. The van der Waals surface area contributed by atoms with Gasteiger partial charge in [0.25, 0.3) is 5.91 Å². The zero-order chi connectivity index (χ0) is 14.8. The summed E-state index contributed by atoms with van der Waals surface area (Å²) in [5.41, 5.74) is 0. The molecule has 1 aromatic heterocycles. The Morgan fingerprint density at radius 2 is 2.00 bits per heavy atom. The number of carbonyl (C=O) groups is 2. The van der Waals surface area contributed by atoms with Gasteiger partial charge in [0, 0.05) is 24.9 Å². The Morgan fingerprint density at radius 3 is 2.71 bits per heavy atom. The van der Waals surface area contributed by atoms with Crippen LogP contribution >= 0.6 is 27.3 Å². The van der Waals surface area contributed by atoms with Crippen molar-refractivity contribution in [2.24, 2.45) is 5.92 Å². The van der Waals surface area contributed by atoms with Crippen LogP contribution in [0.1, 0.15) is 54.6 Å². The Balaban J connectivity index is 1.80. The van der Waals surface area contributed by atoms with Gasteiger partial charge in [-0.3, -0.25) is 9.59 Å². The number of ketones is 1. The first kappa shape index (κ1) is 15.2. The molecule has 2 atom stereocenters. The van der Waals surface area contributed by atoms with E-state index < -0.39 is 0 Å². The van der Waals surface area contributed by atoms with Gasteiger partial charge in [-0.1, -0.05) is 6.42 Å². The van der Waals surface area contributed by atoms with E-state index in [4.69, 9.17) is 0 Å². The summed E-state index contributed by atoms with van der Waals surface area (Å²) in [5.74, 6) is 0.554. The molecule has 1 aromatic rings. The molecule has 2 fully saturated rings. The Bertz CT molecular complexity index is 542. The van der Waals surface area contributed by atoms with Crippen LogP contribution in [0, 0.1) is 5.92 Å². The third-order valence-corrected chi connectivity index (χ3v) is 6.27. The molecule has 2 aliphatic rings. The van der Waals surface area contributed by atoms with Gasteiger partial charge >= 0.3 is 0 Å². The summed E-state index contributed by atoms with van der Waals surface area (Å²) < 4.78 is 0.980. The molecule has 1 saturated carbocycles. The lowest BCUT2D eigenvalue weighted by Gasteiger charge is -2.41. The fourth-order valence-corrected chi connectivity index (χ4v) is 4.96. The first-order chi connectivity index (χ1) is 10.2. The van der Waals surface area contributed by atoms with Crippen LogP contribution in [-0.2, 0) is 4.79 Å². The summed E-state index contributed by atoms with van der Waals surface area (Å²) >= 11 is 4.90. The average Bonchev–Trinajstić information content (AvgIpc) is 2.94. The largest absolute Gasteiger partial charge is 0.334 e. The molecule has 3 nitrogen and oxygen atoms in total. The molecular formula is C16H20BrNO2S. The van der Waals surface area contributed by atoms with E-state index in [1.54, 1.807) is 0 Å². The molecule has 1 saturated heterocycles. The van der Waals surface area contributed by atoms with Gasteiger partial charge in [0.1, 0.15) is 5.78 Å². The highest BCUT2D eigenvalue weighted by molar-refractivity contribution is 9.11. The second-order valence-electron chi connectivity index (χ2n) is 5.98. The Morgan fingerprint density at radius 1 is 1.19 bits per heavy atom. The molecule has 21 heavy (non-hydrogen) atoms. The Hall–Kier alpha value is -0.680. The number of hydrogen-bond donors (Lipinski definition) is 0. The van der Waals surface area contributed by atoms with Crippen LogP contribution in [0.3, 0.4) is 0 Å². The van der Waals surface area contributed by atoms with E-state index in [1.165, 1.54) is 11.3 Å². The molecule has 1 aliphatic heterocycles. The lowest BCUT2D eigenvalue weighted by atomic mass is 9.79. The van der Waals surface area contributed by atoms with E-state index in [0.717, 1.165) is 53.7 Å². The topological polar surface area (TPSA) is 37.4 Å². The second kappa shape index (κ2) is 6.61. The van der Waals surface area contributed by atoms with Crippen molar-refractivity contribution in [2.75, 3.05) is 6.54 Å². The van der Waals surface area contributed by atoms with Crippen molar-refractivity contribution in [1.82, 2.24) is 4.90 Å². The van der Waals surface area contributed by atoms with E-state index in [9.17, 15) is 9.59 Å². The van der Waals surface area contributed by atoms with E-state index in [2.05, 4.69) is 15.9 Å². The van der Waals surface area contributed by atoms with Gasteiger partial charge in [0.15, 0.2) is 0 Å². The highest BCUT2D eigenvalue weighted by Crippen LogP contribution is 2.33.